The molecule has 0 aromatic heterocycles. The number of hydrogen-bond acceptors (Lipinski definition) is 13. The Labute approximate surface area is 339 Å². The summed E-state index contributed by atoms with van der Waals surface area (Å²) < 4.78 is 24.5. The maximum absolute atomic E-state index is 14.4. The second kappa shape index (κ2) is 12.7. The van der Waals surface area contributed by atoms with Gasteiger partial charge in [0.15, 0.2) is 22.6 Å². The average Bonchev–Trinajstić information content (AvgIpc) is 3.69. The summed E-state index contributed by atoms with van der Waals surface area (Å²) in [5.41, 5.74) is -1.09. The molecule has 14 nitrogen and oxygen atoms in total. The van der Waals surface area contributed by atoms with Crippen LogP contribution >= 0.6 is 11.6 Å². The first-order valence-electron chi connectivity index (χ1n) is 18.6. The number of carbonyl (C=O) groups is 6. The lowest BCUT2D eigenvalue weighted by molar-refractivity contribution is -0.417. The van der Waals surface area contributed by atoms with Crippen LogP contribution in [0.25, 0.3) is 0 Å². The van der Waals surface area contributed by atoms with E-state index in [0.717, 1.165) is 11.1 Å². The van der Waals surface area contributed by atoms with E-state index in [1.807, 2.05) is 55.5 Å². The minimum absolute atomic E-state index is 0.0321. The van der Waals surface area contributed by atoms with E-state index in [-0.39, 0.29) is 57.4 Å². The van der Waals surface area contributed by atoms with Gasteiger partial charge in [-0.15, -0.1) is 5.06 Å². The number of amides is 2. The Morgan fingerprint density at radius 3 is 2.07 bits per heavy atom. The van der Waals surface area contributed by atoms with Gasteiger partial charge in [-0.2, -0.15) is 0 Å². The summed E-state index contributed by atoms with van der Waals surface area (Å²) in [5.74, 6) is -5.72. The molecule has 59 heavy (non-hydrogen) atoms. The molecule has 1 saturated heterocycles. The van der Waals surface area contributed by atoms with Gasteiger partial charge in [0.1, 0.15) is 17.6 Å². The highest BCUT2D eigenvalue weighted by molar-refractivity contribution is 6.32. The summed E-state index contributed by atoms with van der Waals surface area (Å²) >= 11 is 6.78. The Hall–Kier alpha value is -6.61. The fourth-order valence-electron chi connectivity index (χ4n) is 9.26. The third-order valence-corrected chi connectivity index (χ3v) is 11.9. The lowest BCUT2D eigenvalue weighted by Crippen LogP contribution is -2.55. The third kappa shape index (κ3) is 5.00. The molecule has 1 fully saturated rings. The van der Waals surface area contributed by atoms with Crippen molar-refractivity contribution in [3.8, 4) is 11.5 Å². The van der Waals surface area contributed by atoms with Crippen molar-refractivity contribution in [3.63, 3.8) is 0 Å². The van der Waals surface area contributed by atoms with E-state index < -0.39 is 64.5 Å². The normalized spacial score (nSPS) is 26.6. The van der Waals surface area contributed by atoms with Crippen molar-refractivity contribution in [3.05, 3.63) is 152 Å². The van der Waals surface area contributed by atoms with Gasteiger partial charge in [-0.05, 0) is 36.3 Å². The van der Waals surface area contributed by atoms with Crippen molar-refractivity contribution in [1.82, 2.24) is 5.06 Å². The van der Waals surface area contributed by atoms with Crippen molar-refractivity contribution < 1.29 is 62.3 Å². The molecule has 3 atom stereocenters. The molecule has 11 rings (SSSR count). The van der Waals surface area contributed by atoms with Crippen molar-refractivity contribution in [2.75, 3.05) is 0 Å². The van der Waals surface area contributed by atoms with Crippen LogP contribution in [0.1, 0.15) is 87.7 Å². The average molecular weight is 816 g/mol. The molecule has 7 aliphatic rings. The number of carbonyl (C=O) groups excluding carboxylic acids is 6. The van der Waals surface area contributed by atoms with Gasteiger partial charge < -0.3 is 23.8 Å². The van der Waals surface area contributed by atoms with Gasteiger partial charge in [0.25, 0.3) is 11.8 Å². The predicted molar refractivity (Wildman–Crippen MR) is 200 cm³/mol. The molecule has 0 saturated carbocycles. The van der Waals surface area contributed by atoms with Gasteiger partial charge in [-0.1, -0.05) is 78.3 Å². The molecule has 2 bridgehead atoms. The number of imide groups is 1. The molecule has 0 radical (unpaired) electrons. The van der Waals surface area contributed by atoms with Crippen molar-refractivity contribution in [2.24, 2.45) is 5.92 Å². The summed E-state index contributed by atoms with van der Waals surface area (Å²) in [5, 5.41) is 0.357. The Kier molecular flexibility index (Phi) is 7.90. The standard InChI is InChI=1S/C44H30ClNO13/c1-21(47)53-33-19-34-29(17-30(33)44-26-12-6-4-10-24(26)42(3,58-59-44)25-11-5-7-13-27(25)44)43(31-18-32(45)36(54-22(2)48)20-35(31)55-34)28-14-8-9-23(39(28)41(52)56-43)40(51)57-46-37(49)15-16-38(46)50/h4-14,17-20,29,33H,15-16H2,1-3H3. The van der Waals surface area contributed by atoms with Crippen molar-refractivity contribution in [2.45, 2.75) is 56.5 Å². The van der Waals surface area contributed by atoms with Gasteiger partial charge in [0.05, 0.1) is 22.1 Å². The zero-order valence-electron chi connectivity index (χ0n) is 31.4. The maximum Gasteiger partial charge on any atom is 0.364 e. The van der Waals surface area contributed by atoms with Gasteiger partial charge in [0, 0.05) is 60.6 Å². The fourth-order valence-corrected chi connectivity index (χ4v) is 9.46. The van der Waals surface area contributed by atoms with Crippen LogP contribution in [0.3, 0.4) is 0 Å². The number of halogens is 1. The zero-order chi connectivity index (χ0) is 41.2. The molecular weight excluding hydrogens is 786 g/mol. The maximum atomic E-state index is 14.4. The number of fused-ring (bicyclic) bond motifs is 7. The first kappa shape index (κ1) is 36.7. The van der Waals surface area contributed by atoms with Crippen molar-refractivity contribution in [1.29, 1.82) is 0 Å². The highest BCUT2D eigenvalue weighted by Gasteiger charge is 2.64. The third-order valence-electron chi connectivity index (χ3n) is 11.6. The molecule has 2 aliphatic carbocycles. The van der Waals surface area contributed by atoms with Crippen molar-refractivity contribution >= 4 is 47.3 Å². The summed E-state index contributed by atoms with van der Waals surface area (Å²) in [7, 11) is 0. The largest absolute Gasteiger partial charge is 0.460 e. The highest BCUT2D eigenvalue weighted by Crippen LogP contribution is 2.64. The molecule has 2 amide bonds. The van der Waals surface area contributed by atoms with E-state index in [9.17, 15) is 28.8 Å². The number of ether oxygens (including phenoxy) is 4. The smallest absolute Gasteiger partial charge is 0.364 e. The minimum atomic E-state index is -1.87. The topological polar surface area (TPSA) is 170 Å². The lowest BCUT2D eigenvalue weighted by Gasteiger charge is -2.54. The van der Waals surface area contributed by atoms with Crippen LogP contribution < -0.4 is 9.47 Å². The summed E-state index contributed by atoms with van der Waals surface area (Å²) in [6.07, 6.45) is 1.90. The number of hydrogen-bond donors (Lipinski definition) is 0. The second-order valence-electron chi connectivity index (χ2n) is 15.0. The molecule has 296 valence electrons. The van der Waals surface area contributed by atoms with Gasteiger partial charge in [-0.3, -0.25) is 19.2 Å². The molecule has 5 heterocycles. The number of benzene rings is 4. The molecule has 3 unspecified atom stereocenters. The molecule has 1 spiro atoms. The molecule has 4 aromatic rings. The monoisotopic (exact) mass is 815 g/mol. The Balaban J connectivity index is 1.23. The summed E-state index contributed by atoms with van der Waals surface area (Å²) in [6.45, 7) is 4.38. The molecule has 0 N–H and O–H groups in total. The Morgan fingerprint density at radius 1 is 0.780 bits per heavy atom. The van der Waals surface area contributed by atoms with E-state index in [4.69, 9.17) is 45.2 Å². The van der Waals surface area contributed by atoms with E-state index in [2.05, 4.69) is 0 Å². The summed E-state index contributed by atoms with van der Waals surface area (Å²) in [4.78, 5) is 96.2. The van der Waals surface area contributed by atoms with Crippen LogP contribution in [-0.4, -0.2) is 46.9 Å². The van der Waals surface area contributed by atoms with E-state index >= 15 is 0 Å². The van der Waals surface area contributed by atoms with E-state index in [1.54, 1.807) is 18.2 Å². The van der Waals surface area contributed by atoms with Crippen LogP contribution in [-0.2, 0) is 60.1 Å². The van der Waals surface area contributed by atoms with Crippen LogP contribution in [0.15, 0.2) is 102 Å². The Bertz CT molecular complexity index is 2650. The van der Waals surface area contributed by atoms with Crippen LogP contribution in [0.5, 0.6) is 11.5 Å². The van der Waals surface area contributed by atoms with Gasteiger partial charge >= 0.3 is 23.9 Å². The highest BCUT2D eigenvalue weighted by atomic mass is 35.5. The van der Waals surface area contributed by atoms with Gasteiger partial charge in [-0.25, -0.2) is 19.4 Å². The SMILES string of the molecule is CC(=O)Oc1cc2c(cc1Cl)C1(OC(=O)c3c(C(=O)ON4C(=O)CCC4=O)cccc31)C1C=C(C34OOC(C)(c5ccccc53)c3ccccc34)C(OC(C)=O)C=C1O2. The van der Waals surface area contributed by atoms with E-state index in [1.165, 1.54) is 38.1 Å². The molecule has 4 aromatic carbocycles. The van der Waals surface area contributed by atoms with Gasteiger partial charge in [0.2, 0.25) is 0 Å². The number of rotatable bonds is 5. The first-order valence-corrected chi connectivity index (χ1v) is 19.0. The molecular formula is C44H30ClNO13. The summed E-state index contributed by atoms with van der Waals surface area (Å²) in [6, 6.07) is 22.4. The van der Waals surface area contributed by atoms with E-state index in [0.29, 0.717) is 21.8 Å². The number of hydroxylamine groups is 2. The number of nitrogens with zero attached hydrogens (tertiary/aromatic N) is 1. The minimum Gasteiger partial charge on any atom is -0.460 e. The van der Waals surface area contributed by atoms with Crippen LogP contribution in [0.4, 0.5) is 0 Å². The number of esters is 3. The quantitative estimate of drug-likeness (QED) is 0.0740. The molecule has 15 heteroatoms. The van der Waals surface area contributed by atoms with Crippen LogP contribution in [0, 0.1) is 5.92 Å². The predicted octanol–water partition coefficient (Wildman–Crippen LogP) is 6.15. The fraction of sp³-hybridized carbons (Fsp3) is 0.227. The lowest BCUT2D eigenvalue weighted by atomic mass is 9.61. The Morgan fingerprint density at radius 2 is 1.42 bits per heavy atom. The zero-order valence-corrected chi connectivity index (χ0v) is 32.1. The molecule has 5 aliphatic heterocycles. The first-order chi connectivity index (χ1) is 28.3. The second-order valence-corrected chi connectivity index (χ2v) is 15.4. The van der Waals surface area contributed by atoms with Crippen LogP contribution in [0.2, 0.25) is 5.02 Å².